The predicted molar refractivity (Wildman–Crippen MR) is 77.5 cm³/mol. The molecule has 1 radical (unpaired) electrons. The van der Waals surface area contributed by atoms with E-state index in [2.05, 4.69) is 44.6 Å². The summed E-state index contributed by atoms with van der Waals surface area (Å²) in [4.78, 5) is 15.7. The zero-order chi connectivity index (χ0) is 12.0. The number of carbonyl (C=O) groups is 1. The normalized spacial score (nSPS) is 8.88. The fourth-order valence-corrected chi connectivity index (χ4v) is 2.86. The first-order chi connectivity index (χ1) is 7.72. The van der Waals surface area contributed by atoms with Crippen LogP contribution in [0.5, 0.6) is 0 Å². The molecule has 16 heavy (non-hydrogen) atoms. The molecule has 1 aromatic rings. The first kappa shape index (κ1) is 13.9. The number of hydrogen-bond acceptors (Lipinski definition) is 4. The van der Waals surface area contributed by atoms with Gasteiger partial charge in [0.25, 0.3) is 0 Å². The summed E-state index contributed by atoms with van der Waals surface area (Å²) in [5.41, 5.74) is 1.38. The van der Waals surface area contributed by atoms with Crippen molar-refractivity contribution in [3.8, 4) is 0 Å². The standard InChI is InChI=1S/C7H9N4O.CH2.2Al.HI/c1-10-7(12)4-3-11-6(9)2-5(4)8;;;;/h2-3H,1H3,(H4-,8,9,10,11,12);1H2;;;1H/q-1;;+1;+2;/p-2. The maximum atomic E-state index is 11.6. The van der Waals surface area contributed by atoms with Gasteiger partial charge in [-0.1, -0.05) is 0 Å². The second kappa shape index (κ2) is 7.26. The number of aromatic nitrogens is 1. The summed E-state index contributed by atoms with van der Waals surface area (Å²) in [5, 5.41) is 6.36. The molecule has 1 heterocycles. The Kier molecular flexibility index (Phi) is 6.33. The van der Waals surface area contributed by atoms with E-state index in [9.17, 15) is 4.79 Å². The summed E-state index contributed by atoms with van der Waals surface area (Å²) >= 11 is 2.22. The second-order valence-electron chi connectivity index (χ2n) is 2.80. The SMILES string of the molecule is [CH2]=[Al][NH]c1cc([NH][Al][I])c(C(=O)NC)cn1. The van der Waals surface area contributed by atoms with Gasteiger partial charge in [0.15, 0.2) is 0 Å². The molecule has 81 valence electrons. The van der Waals surface area contributed by atoms with Crippen LogP contribution in [0, 0.1) is 0 Å². The Morgan fingerprint density at radius 3 is 2.88 bits per heavy atom. The topological polar surface area (TPSA) is 66.0 Å². The van der Waals surface area contributed by atoms with Crippen molar-refractivity contribution in [1.82, 2.24) is 10.3 Å². The van der Waals surface area contributed by atoms with Gasteiger partial charge in [-0.2, -0.15) is 0 Å². The van der Waals surface area contributed by atoms with E-state index in [1.54, 1.807) is 13.2 Å². The van der Waals surface area contributed by atoms with Crippen molar-refractivity contribution < 1.29 is 4.79 Å². The van der Waals surface area contributed by atoms with Gasteiger partial charge in [0.2, 0.25) is 0 Å². The Balaban J connectivity index is 3.07. The Morgan fingerprint density at radius 2 is 2.31 bits per heavy atom. The number of nitrogens with zero attached hydrogens (tertiary/aromatic N) is 1. The van der Waals surface area contributed by atoms with Crippen LogP contribution in [0.15, 0.2) is 12.3 Å². The molecule has 0 unspecified atom stereocenters. The van der Waals surface area contributed by atoms with Crippen LogP contribution in [0.4, 0.5) is 11.5 Å². The van der Waals surface area contributed by atoms with Crippen LogP contribution >= 0.6 is 20.3 Å². The zero-order valence-electron chi connectivity index (χ0n) is 8.75. The van der Waals surface area contributed by atoms with Gasteiger partial charge in [0.05, 0.1) is 0 Å². The number of amides is 1. The molecule has 0 saturated heterocycles. The van der Waals surface area contributed by atoms with Crippen molar-refractivity contribution in [2.24, 2.45) is 0 Å². The Labute approximate surface area is 118 Å². The monoisotopic (exact) mass is 359 g/mol. The van der Waals surface area contributed by atoms with Gasteiger partial charge in [-0.25, -0.2) is 0 Å². The minimum absolute atomic E-state index is 0.0501. The van der Waals surface area contributed by atoms with E-state index >= 15 is 0 Å². The van der Waals surface area contributed by atoms with E-state index in [0.717, 1.165) is 11.5 Å². The van der Waals surface area contributed by atoms with Gasteiger partial charge in [-0.05, 0) is 0 Å². The summed E-state index contributed by atoms with van der Waals surface area (Å²) < 4.78 is 6.29. The van der Waals surface area contributed by atoms with Crippen LogP contribution in [-0.4, -0.2) is 50.5 Å². The number of rotatable bonds is 5. The van der Waals surface area contributed by atoms with E-state index in [1.807, 2.05) is 6.07 Å². The van der Waals surface area contributed by atoms with E-state index in [1.165, 1.54) is 0 Å². The fraction of sp³-hybridized carbons (Fsp3) is 0.125. The number of nitrogens with one attached hydrogen (secondary N) is 3. The van der Waals surface area contributed by atoms with E-state index in [0.29, 0.717) is 5.56 Å². The van der Waals surface area contributed by atoms with Gasteiger partial charge < -0.3 is 0 Å². The molecule has 1 aromatic heterocycles. The average molecular weight is 359 g/mol. The minimum atomic E-state index is -0.132. The Morgan fingerprint density at radius 1 is 1.56 bits per heavy atom. The zero-order valence-corrected chi connectivity index (χ0v) is 13.2. The van der Waals surface area contributed by atoms with Gasteiger partial charge in [-0.3, -0.25) is 0 Å². The van der Waals surface area contributed by atoms with Gasteiger partial charge in [0.1, 0.15) is 0 Å². The maximum absolute atomic E-state index is 11.6. The molecule has 0 atom stereocenters. The van der Waals surface area contributed by atoms with Crippen molar-refractivity contribution in [2.45, 2.75) is 0 Å². The van der Waals surface area contributed by atoms with Gasteiger partial charge in [-0.15, -0.1) is 0 Å². The molecular weight excluding hydrogens is 349 g/mol. The second-order valence-corrected chi connectivity index (χ2v) is 5.87. The molecule has 5 nitrogen and oxygen atoms in total. The summed E-state index contributed by atoms with van der Waals surface area (Å²) in [5.74, 6) is 0.622. The molecule has 8 heteroatoms. The molecule has 0 bridgehead atoms. The number of pyridine rings is 1. The van der Waals surface area contributed by atoms with E-state index < -0.39 is 0 Å². The Bertz CT molecular complexity index is 402. The van der Waals surface area contributed by atoms with Crippen LogP contribution in [-0.2, 0) is 0 Å². The van der Waals surface area contributed by atoms with Crippen molar-refractivity contribution >= 4 is 70.2 Å². The average Bonchev–Trinajstić information content (AvgIpc) is 2.29. The first-order valence-corrected chi connectivity index (χ1v) is 10.7. The van der Waals surface area contributed by atoms with Gasteiger partial charge in [0, 0.05) is 0 Å². The van der Waals surface area contributed by atoms with E-state index in [-0.39, 0.29) is 33.1 Å². The molecule has 0 saturated carbocycles. The van der Waals surface area contributed by atoms with Crippen molar-refractivity contribution in [1.29, 1.82) is 0 Å². The number of hydrogen-bond donors (Lipinski definition) is 3. The molecule has 0 aliphatic carbocycles. The van der Waals surface area contributed by atoms with Crippen LogP contribution < -0.4 is 13.9 Å². The molecular formula is C8H10Al2IN4O. The quantitative estimate of drug-likeness (QED) is 0.522. The first-order valence-electron chi connectivity index (χ1n) is 4.51. The van der Waals surface area contributed by atoms with Crippen LogP contribution in [0.1, 0.15) is 10.4 Å². The number of anilines is 2. The number of carbonyl (C=O) groups excluding carboxylic acids is 1. The third kappa shape index (κ3) is 3.72. The van der Waals surface area contributed by atoms with Crippen LogP contribution in [0.25, 0.3) is 0 Å². The summed E-state index contributed by atoms with van der Waals surface area (Å²) in [6, 6.07) is 1.84. The molecule has 0 aliphatic heterocycles. The van der Waals surface area contributed by atoms with Crippen molar-refractivity contribution in [3.05, 3.63) is 17.8 Å². The molecule has 0 aromatic carbocycles. The molecule has 1 amide bonds. The molecule has 0 fully saturated rings. The summed E-state index contributed by atoms with van der Waals surface area (Å²) in [7, 11) is 1.61. The molecule has 0 aliphatic rings. The molecule has 1 rings (SSSR count). The molecule has 0 spiro atoms. The van der Waals surface area contributed by atoms with Crippen molar-refractivity contribution in [2.75, 3.05) is 15.6 Å². The summed E-state index contributed by atoms with van der Waals surface area (Å²) in [6.45, 7) is 0. The van der Waals surface area contributed by atoms with Crippen LogP contribution in [0.2, 0.25) is 0 Å². The summed E-state index contributed by atoms with van der Waals surface area (Å²) in [6.07, 6.45) is 1.57. The van der Waals surface area contributed by atoms with Gasteiger partial charge >= 0.3 is 119 Å². The molecule has 3 N–H and O–H groups in total. The van der Waals surface area contributed by atoms with Crippen LogP contribution in [0.3, 0.4) is 0 Å². The van der Waals surface area contributed by atoms with E-state index in [4.69, 9.17) is 0 Å². The fourth-order valence-electron chi connectivity index (χ4n) is 1.13. The number of halogens is 1. The third-order valence-corrected chi connectivity index (χ3v) is 3.69. The van der Waals surface area contributed by atoms with Crippen molar-refractivity contribution in [3.63, 3.8) is 0 Å². The Hall–Kier alpha value is -0.115. The third-order valence-electron chi connectivity index (χ3n) is 1.84. The predicted octanol–water partition coefficient (Wildman–Crippen LogP) is 0.285.